The number of benzene rings is 2. The molecule has 0 radical (unpaired) electrons. The van der Waals surface area contributed by atoms with E-state index >= 15 is 0 Å². The second-order valence-electron chi connectivity index (χ2n) is 4.62. The van der Waals surface area contributed by atoms with Gasteiger partial charge in [0.25, 0.3) is 0 Å². The Morgan fingerprint density at radius 1 is 1.00 bits per heavy atom. The molecule has 0 spiro atoms. The Morgan fingerprint density at radius 3 is 2.45 bits per heavy atom. The van der Waals surface area contributed by atoms with Crippen LogP contribution in [0, 0.1) is 18.8 Å². The molecule has 0 saturated carbocycles. The largest absolute Gasteiger partial charge is 0.320 e. The van der Waals surface area contributed by atoms with Gasteiger partial charge in [0.15, 0.2) is 0 Å². The van der Waals surface area contributed by atoms with Crippen LogP contribution in [0.2, 0.25) is 0 Å². The Morgan fingerprint density at radius 2 is 1.75 bits per heavy atom. The van der Waals surface area contributed by atoms with Crippen LogP contribution in [0.5, 0.6) is 0 Å². The molecule has 0 heterocycles. The van der Waals surface area contributed by atoms with E-state index < -0.39 is 0 Å². The third kappa shape index (κ3) is 4.45. The van der Waals surface area contributed by atoms with Crippen molar-refractivity contribution in [3.05, 3.63) is 70.8 Å². The second kappa shape index (κ2) is 7.79. The highest BCUT2D eigenvalue weighted by atomic mass is 32.2. The third-order valence-corrected chi connectivity index (χ3v) is 4.13. The minimum Gasteiger partial charge on any atom is -0.320 e. The summed E-state index contributed by atoms with van der Waals surface area (Å²) in [6.07, 6.45) is 0. The number of nitrogens with two attached hydrogens (primary N) is 1. The fourth-order valence-electron chi connectivity index (χ4n) is 1.89. The Labute approximate surface area is 125 Å². The van der Waals surface area contributed by atoms with Crippen LogP contribution >= 0.6 is 11.8 Å². The van der Waals surface area contributed by atoms with Gasteiger partial charge in [-0.3, -0.25) is 0 Å². The molecule has 2 heteroatoms. The van der Waals surface area contributed by atoms with Crippen molar-refractivity contribution in [1.29, 1.82) is 0 Å². The lowest BCUT2D eigenvalue weighted by Gasteiger charge is -2.05. The lowest BCUT2D eigenvalue weighted by atomic mass is 10.1. The maximum Gasteiger partial charge on any atom is 0.0555 e. The average molecular weight is 281 g/mol. The predicted molar refractivity (Wildman–Crippen MR) is 88.6 cm³/mol. The Balaban J connectivity index is 1.87. The van der Waals surface area contributed by atoms with Crippen molar-refractivity contribution in [3.63, 3.8) is 0 Å². The summed E-state index contributed by atoms with van der Waals surface area (Å²) in [4.78, 5) is 0. The zero-order chi connectivity index (χ0) is 14.2. The fraction of sp³-hybridized carbons (Fsp3) is 0.222. The van der Waals surface area contributed by atoms with Gasteiger partial charge in [0.05, 0.1) is 6.54 Å². The molecule has 0 unspecified atom stereocenters. The number of hydrogen-bond donors (Lipinski definition) is 1. The fourth-order valence-corrected chi connectivity index (χ4v) is 2.96. The van der Waals surface area contributed by atoms with Crippen LogP contribution in [0.4, 0.5) is 0 Å². The summed E-state index contributed by atoms with van der Waals surface area (Å²) in [5, 5.41) is 0. The molecule has 2 aromatic rings. The van der Waals surface area contributed by atoms with Crippen LogP contribution in [-0.4, -0.2) is 6.54 Å². The van der Waals surface area contributed by atoms with Gasteiger partial charge in [-0.25, -0.2) is 0 Å². The molecule has 0 aromatic heterocycles. The smallest absolute Gasteiger partial charge is 0.0555 e. The summed E-state index contributed by atoms with van der Waals surface area (Å²) in [6.45, 7) is 2.58. The molecule has 2 N–H and O–H groups in total. The molecule has 2 aromatic carbocycles. The molecule has 2 rings (SSSR count). The quantitative estimate of drug-likeness (QED) is 0.864. The number of thioether (sulfide) groups is 1. The van der Waals surface area contributed by atoms with Gasteiger partial charge in [0.1, 0.15) is 0 Å². The molecular formula is C18H19NS. The third-order valence-electron chi connectivity index (χ3n) is 3.08. The van der Waals surface area contributed by atoms with Crippen molar-refractivity contribution in [2.45, 2.75) is 18.4 Å². The molecule has 0 aliphatic carbocycles. The molecule has 0 fully saturated rings. The molecule has 0 atom stereocenters. The van der Waals surface area contributed by atoms with E-state index in [1.54, 1.807) is 0 Å². The Hall–Kier alpha value is -1.69. The first-order valence-electron chi connectivity index (χ1n) is 6.69. The van der Waals surface area contributed by atoms with Crippen LogP contribution in [0.25, 0.3) is 0 Å². The molecule has 0 aliphatic heterocycles. The van der Waals surface area contributed by atoms with Gasteiger partial charge < -0.3 is 5.73 Å². The van der Waals surface area contributed by atoms with E-state index in [1.165, 1.54) is 16.7 Å². The first-order valence-corrected chi connectivity index (χ1v) is 7.85. The van der Waals surface area contributed by atoms with Gasteiger partial charge in [0.2, 0.25) is 0 Å². The summed E-state index contributed by atoms with van der Waals surface area (Å²) in [5.74, 6) is 7.99. The highest BCUT2D eigenvalue weighted by Crippen LogP contribution is 2.20. The summed E-state index contributed by atoms with van der Waals surface area (Å²) >= 11 is 1.94. The molecule has 0 bridgehead atoms. The first-order chi connectivity index (χ1) is 9.79. The van der Waals surface area contributed by atoms with E-state index in [1.807, 2.05) is 11.8 Å². The van der Waals surface area contributed by atoms with Crippen molar-refractivity contribution in [3.8, 4) is 11.8 Å². The maximum atomic E-state index is 5.36. The Bertz CT molecular complexity index is 605. The summed E-state index contributed by atoms with van der Waals surface area (Å²) in [5.41, 5.74) is 10.5. The van der Waals surface area contributed by atoms with Crippen LogP contribution in [0.1, 0.15) is 22.3 Å². The van der Waals surface area contributed by atoms with Gasteiger partial charge in [-0.2, -0.15) is 11.8 Å². The molecule has 102 valence electrons. The van der Waals surface area contributed by atoms with Gasteiger partial charge in [-0.15, -0.1) is 0 Å². The van der Waals surface area contributed by atoms with Crippen molar-refractivity contribution >= 4 is 11.8 Å². The Kier molecular flexibility index (Phi) is 5.73. The SMILES string of the molecule is Cc1ccccc1CSCc1ccc(C#CCN)cc1. The van der Waals surface area contributed by atoms with Gasteiger partial charge in [-0.1, -0.05) is 48.2 Å². The standard InChI is InChI=1S/C18H19NS/c1-15-5-2-3-7-18(15)14-20-13-17-10-8-16(9-11-17)6-4-12-19/h2-3,5,7-11H,12-14,19H2,1H3. The van der Waals surface area contributed by atoms with E-state index in [-0.39, 0.29) is 0 Å². The predicted octanol–water partition coefficient (Wildman–Crippen LogP) is 3.74. The molecule has 1 nitrogen and oxygen atoms in total. The highest BCUT2D eigenvalue weighted by molar-refractivity contribution is 7.97. The zero-order valence-corrected chi connectivity index (χ0v) is 12.5. The molecule has 0 aliphatic rings. The lowest BCUT2D eigenvalue weighted by molar-refractivity contribution is 1.29. The average Bonchev–Trinajstić information content (AvgIpc) is 2.48. The van der Waals surface area contributed by atoms with Crippen molar-refractivity contribution in [2.24, 2.45) is 5.73 Å². The molecular weight excluding hydrogens is 262 g/mol. The van der Waals surface area contributed by atoms with E-state index in [0.29, 0.717) is 6.54 Å². The number of rotatable bonds is 4. The van der Waals surface area contributed by atoms with Crippen LogP contribution in [-0.2, 0) is 11.5 Å². The first kappa shape index (κ1) is 14.7. The number of hydrogen-bond acceptors (Lipinski definition) is 2. The minimum absolute atomic E-state index is 0.411. The van der Waals surface area contributed by atoms with Crippen LogP contribution in [0.3, 0.4) is 0 Å². The van der Waals surface area contributed by atoms with Crippen molar-refractivity contribution < 1.29 is 0 Å². The maximum absolute atomic E-state index is 5.36. The van der Waals surface area contributed by atoms with Crippen molar-refractivity contribution in [2.75, 3.05) is 6.54 Å². The van der Waals surface area contributed by atoms with Crippen LogP contribution < -0.4 is 5.73 Å². The monoisotopic (exact) mass is 281 g/mol. The normalized spacial score (nSPS) is 9.90. The second-order valence-corrected chi connectivity index (χ2v) is 5.61. The number of aryl methyl sites for hydroxylation is 1. The van der Waals surface area contributed by atoms with E-state index in [9.17, 15) is 0 Å². The minimum atomic E-state index is 0.411. The van der Waals surface area contributed by atoms with E-state index in [4.69, 9.17) is 5.73 Å². The summed E-state index contributed by atoms with van der Waals surface area (Å²) in [6, 6.07) is 17.0. The summed E-state index contributed by atoms with van der Waals surface area (Å²) < 4.78 is 0. The van der Waals surface area contributed by atoms with Crippen molar-refractivity contribution in [1.82, 2.24) is 0 Å². The van der Waals surface area contributed by atoms with Crippen LogP contribution in [0.15, 0.2) is 48.5 Å². The topological polar surface area (TPSA) is 26.0 Å². The van der Waals surface area contributed by atoms with Gasteiger partial charge in [0, 0.05) is 17.1 Å². The molecule has 0 saturated heterocycles. The van der Waals surface area contributed by atoms with Gasteiger partial charge in [-0.05, 0) is 35.7 Å². The molecule has 0 amide bonds. The summed E-state index contributed by atoms with van der Waals surface area (Å²) in [7, 11) is 0. The van der Waals surface area contributed by atoms with E-state index in [2.05, 4.69) is 67.3 Å². The highest BCUT2D eigenvalue weighted by Gasteiger charge is 1.98. The lowest BCUT2D eigenvalue weighted by Crippen LogP contribution is -1.93. The van der Waals surface area contributed by atoms with Gasteiger partial charge >= 0.3 is 0 Å². The van der Waals surface area contributed by atoms with E-state index in [0.717, 1.165) is 17.1 Å². The molecule has 20 heavy (non-hydrogen) atoms. The zero-order valence-electron chi connectivity index (χ0n) is 11.7.